The molecule has 0 saturated carbocycles. The third-order valence-corrected chi connectivity index (χ3v) is 4.11. The standard InChI is InChI=1S/C17H20BrNO4/c1-17(2,3)23-16(22)13-8-9-14(20)19(13)15(21)12-7-5-4-6-11(12)10-18/h4-7,13H,8-10H2,1-3H3. The van der Waals surface area contributed by atoms with Gasteiger partial charge in [-0.15, -0.1) is 0 Å². The summed E-state index contributed by atoms with van der Waals surface area (Å²) < 4.78 is 5.35. The number of hydrogen-bond donors (Lipinski definition) is 0. The van der Waals surface area contributed by atoms with Gasteiger partial charge in [0.1, 0.15) is 11.6 Å². The molecule has 0 bridgehead atoms. The minimum atomic E-state index is -0.849. The predicted octanol–water partition coefficient (Wildman–Crippen LogP) is 3.05. The first-order valence-corrected chi connectivity index (χ1v) is 8.60. The summed E-state index contributed by atoms with van der Waals surface area (Å²) in [7, 11) is 0. The van der Waals surface area contributed by atoms with Crippen molar-refractivity contribution in [2.45, 2.75) is 50.6 Å². The van der Waals surface area contributed by atoms with Crippen molar-refractivity contribution in [2.24, 2.45) is 0 Å². The second-order valence-electron chi connectivity index (χ2n) is 6.45. The predicted molar refractivity (Wildman–Crippen MR) is 89.1 cm³/mol. The monoisotopic (exact) mass is 381 g/mol. The lowest BCUT2D eigenvalue weighted by atomic mass is 10.1. The topological polar surface area (TPSA) is 63.7 Å². The van der Waals surface area contributed by atoms with Crippen LogP contribution in [0.4, 0.5) is 0 Å². The van der Waals surface area contributed by atoms with Gasteiger partial charge in [0.2, 0.25) is 5.91 Å². The van der Waals surface area contributed by atoms with Gasteiger partial charge >= 0.3 is 5.97 Å². The van der Waals surface area contributed by atoms with E-state index in [0.29, 0.717) is 17.3 Å². The van der Waals surface area contributed by atoms with Crippen molar-refractivity contribution < 1.29 is 19.1 Å². The van der Waals surface area contributed by atoms with Gasteiger partial charge in [0.15, 0.2) is 0 Å². The first-order valence-electron chi connectivity index (χ1n) is 7.47. The SMILES string of the molecule is CC(C)(C)OC(=O)C1CCC(=O)N1C(=O)c1ccccc1CBr. The van der Waals surface area contributed by atoms with Crippen LogP contribution in [-0.4, -0.2) is 34.3 Å². The van der Waals surface area contributed by atoms with Crippen LogP contribution in [0.3, 0.4) is 0 Å². The highest BCUT2D eigenvalue weighted by molar-refractivity contribution is 9.08. The smallest absolute Gasteiger partial charge is 0.329 e. The molecule has 1 saturated heterocycles. The van der Waals surface area contributed by atoms with Crippen LogP contribution in [0.5, 0.6) is 0 Å². The largest absolute Gasteiger partial charge is 0.458 e. The molecule has 23 heavy (non-hydrogen) atoms. The normalized spacial score (nSPS) is 18.2. The fourth-order valence-corrected chi connectivity index (χ4v) is 3.00. The second-order valence-corrected chi connectivity index (χ2v) is 7.01. The maximum Gasteiger partial charge on any atom is 0.329 e. The molecule has 0 N–H and O–H groups in total. The molecule has 0 radical (unpaired) electrons. The molecule has 1 aromatic rings. The van der Waals surface area contributed by atoms with E-state index in [2.05, 4.69) is 15.9 Å². The molecule has 0 aromatic heterocycles. The average molecular weight is 382 g/mol. The molecule has 1 heterocycles. The van der Waals surface area contributed by atoms with Crippen LogP contribution >= 0.6 is 15.9 Å². The van der Waals surface area contributed by atoms with Crippen LogP contribution in [-0.2, 0) is 19.7 Å². The summed E-state index contributed by atoms with van der Waals surface area (Å²) in [6.07, 6.45) is 0.474. The van der Waals surface area contributed by atoms with Crippen molar-refractivity contribution in [3.8, 4) is 0 Å². The first kappa shape index (κ1) is 17.7. The maximum absolute atomic E-state index is 12.8. The number of imide groups is 1. The highest BCUT2D eigenvalue weighted by Crippen LogP contribution is 2.26. The summed E-state index contributed by atoms with van der Waals surface area (Å²) in [5, 5.41) is 0.494. The van der Waals surface area contributed by atoms with E-state index in [1.165, 1.54) is 0 Å². The van der Waals surface area contributed by atoms with Crippen LogP contribution in [0.25, 0.3) is 0 Å². The number of esters is 1. The van der Waals surface area contributed by atoms with Gasteiger partial charge in [-0.3, -0.25) is 14.5 Å². The molecule has 1 atom stereocenters. The average Bonchev–Trinajstić information content (AvgIpc) is 2.86. The van der Waals surface area contributed by atoms with E-state index < -0.39 is 23.5 Å². The second kappa shape index (κ2) is 6.83. The molecular formula is C17H20BrNO4. The fourth-order valence-electron chi connectivity index (χ4n) is 2.51. The number of likely N-dealkylation sites (tertiary alicyclic amines) is 1. The number of carbonyl (C=O) groups excluding carboxylic acids is 3. The number of hydrogen-bond acceptors (Lipinski definition) is 4. The Hall–Kier alpha value is -1.69. The number of halogens is 1. The zero-order valence-corrected chi connectivity index (χ0v) is 15.1. The van der Waals surface area contributed by atoms with Crippen LogP contribution in [0.2, 0.25) is 0 Å². The van der Waals surface area contributed by atoms with Crippen LogP contribution in [0.15, 0.2) is 24.3 Å². The molecule has 0 spiro atoms. The molecule has 6 heteroatoms. The van der Waals surface area contributed by atoms with Gasteiger partial charge in [0, 0.05) is 17.3 Å². The van der Waals surface area contributed by atoms with Crippen molar-refractivity contribution in [2.75, 3.05) is 0 Å². The zero-order valence-electron chi connectivity index (χ0n) is 13.5. The number of carbonyl (C=O) groups is 3. The van der Waals surface area contributed by atoms with Crippen LogP contribution in [0.1, 0.15) is 49.5 Å². The Morgan fingerprint density at radius 2 is 1.96 bits per heavy atom. The van der Waals surface area contributed by atoms with Gasteiger partial charge in [-0.25, -0.2) is 4.79 Å². The van der Waals surface area contributed by atoms with Gasteiger partial charge < -0.3 is 4.74 Å². The minimum Gasteiger partial charge on any atom is -0.458 e. The highest BCUT2D eigenvalue weighted by Gasteiger charge is 2.42. The Bertz CT molecular complexity index is 636. The number of alkyl halides is 1. The molecule has 1 fully saturated rings. The van der Waals surface area contributed by atoms with Crippen molar-refractivity contribution in [1.29, 1.82) is 0 Å². The van der Waals surface area contributed by atoms with Gasteiger partial charge in [-0.05, 0) is 38.8 Å². The van der Waals surface area contributed by atoms with Gasteiger partial charge in [0.25, 0.3) is 5.91 Å². The third kappa shape index (κ3) is 3.99. The lowest BCUT2D eigenvalue weighted by Crippen LogP contribution is -2.45. The van der Waals surface area contributed by atoms with Crippen molar-refractivity contribution in [1.82, 2.24) is 4.90 Å². The summed E-state index contributed by atoms with van der Waals surface area (Å²) in [6, 6.07) is 6.19. The van der Waals surface area contributed by atoms with E-state index in [1.54, 1.807) is 32.9 Å². The lowest BCUT2D eigenvalue weighted by Gasteiger charge is -2.26. The van der Waals surface area contributed by atoms with Crippen LogP contribution < -0.4 is 0 Å². The minimum absolute atomic E-state index is 0.173. The van der Waals surface area contributed by atoms with Gasteiger partial charge in [-0.1, -0.05) is 34.1 Å². The van der Waals surface area contributed by atoms with Gasteiger partial charge in [-0.2, -0.15) is 0 Å². The number of nitrogens with zero attached hydrogens (tertiary/aromatic N) is 1. The summed E-state index contributed by atoms with van der Waals surface area (Å²) in [5.74, 6) is -1.32. The van der Waals surface area contributed by atoms with Crippen molar-refractivity contribution >= 4 is 33.7 Å². The highest BCUT2D eigenvalue weighted by atomic mass is 79.9. The molecule has 124 valence electrons. The Balaban J connectivity index is 2.29. The summed E-state index contributed by atoms with van der Waals surface area (Å²) in [5.41, 5.74) is 0.541. The Kier molecular flexibility index (Phi) is 5.24. The zero-order chi connectivity index (χ0) is 17.2. The summed E-state index contributed by atoms with van der Waals surface area (Å²) >= 11 is 3.34. The fraction of sp³-hybridized carbons (Fsp3) is 0.471. The molecule has 1 aliphatic heterocycles. The third-order valence-electron chi connectivity index (χ3n) is 3.50. The molecule has 2 amide bonds. The van der Waals surface area contributed by atoms with Crippen molar-refractivity contribution in [3.63, 3.8) is 0 Å². The van der Waals surface area contributed by atoms with E-state index in [-0.39, 0.29) is 12.3 Å². The van der Waals surface area contributed by atoms with E-state index in [0.717, 1.165) is 10.5 Å². The number of benzene rings is 1. The summed E-state index contributed by atoms with van der Waals surface area (Å²) in [4.78, 5) is 38.3. The lowest BCUT2D eigenvalue weighted by molar-refractivity contribution is -0.160. The molecule has 2 rings (SSSR count). The van der Waals surface area contributed by atoms with E-state index in [4.69, 9.17) is 4.74 Å². The molecular weight excluding hydrogens is 362 g/mol. The molecule has 1 aliphatic rings. The van der Waals surface area contributed by atoms with Gasteiger partial charge in [0.05, 0.1) is 0 Å². The number of ether oxygens (including phenoxy) is 1. The quantitative estimate of drug-likeness (QED) is 0.458. The molecule has 1 unspecified atom stereocenters. The Morgan fingerprint density at radius 3 is 2.57 bits per heavy atom. The first-order chi connectivity index (χ1) is 10.7. The molecule has 0 aliphatic carbocycles. The van der Waals surface area contributed by atoms with E-state index in [9.17, 15) is 14.4 Å². The Labute approximate surface area is 144 Å². The van der Waals surface area contributed by atoms with Crippen molar-refractivity contribution in [3.05, 3.63) is 35.4 Å². The van der Waals surface area contributed by atoms with E-state index in [1.807, 2.05) is 12.1 Å². The van der Waals surface area contributed by atoms with Crippen LogP contribution in [0, 0.1) is 0 Å². The number of rotatable bonds is 3. The molecule has 5 nitrogen and oxygen atoms in total. The Morgan fingerprint density at radius 1 is 1.30 bits per heavy atom. The number of amides is 2. The maximum atomic E-state index is 12.8. The van der Waals surface area contributed by atoms with E-state index >= 15 is 0 Å². The molecule has 1 aromatic carbocycles. The summed E-state index contributed by atoms with van der Waals surface area (Å²) in [6.45, 7) is 5.27.